The molecular formula is C13H18N2O3. The first-order chi connectivity index (χ1) is 8.33. The molecule has 0 unspecified atom stereocenters. The summed E-state index contributed by atoms with van der Waals surface area (Å²) in [6.45, 7) is 3.54. The Morgan fingerprint density at radius 3 is 2.33 bits per heavy atom. The second-order valence-corrected chi connectivity index (χ2v) is 4.70. The number of carbonyl (C=O) groups excluding carboxylic acids is 1. The summed E-state index contributed by atoms with van der Waals surface area (Å²) in [6.07, 6.45) is -1.21. The lowest BCUT2D eigenvalue weighted by Crippen LogP contribution is -2.54. The van der Waals surface area contributed by atoms with Crippen molar-refractivity contribution in [3.8, 4) is 0 Å². The maximum atomic E-state index is 12.1. The fourth-order valence-electron chi connectivity index (χ4n) is 1.73. The van der Waals surface area contributed by atoms with Crippen molar-refractivity contribution < 1.29 is 14.7 Å². The molecule has 2 N–H and O–H groups in total. The van der Waals surface area contributed by atoms with Crippen LogP contribution in [0.5, 0.6) is 0 Å². The minimum atomic E-state index is -1.21. The predicted molar refractivity (Wildman–Crippen MR) is 68.2 cm³/mol. The SMILES string of the molecule is CN(Cc1ccccc1)C(=O)C(C)(C)NC(=O)O. The van der Waals surface area contributed by atoms with Crippen molar-refractivity contribution in [2.24, 2.45) is 0 Å². The number of hydrogen-bond acceptors (Lipinski definition) is 2. The Morgan fingerprint density at radius 1 is 1.28 bits per heavy atom. The van der Waals surface area contributed by atoms with Gasteiger partial charge in [-0.15, -0.1) is 0 Å². The molecule has 5 nitrogen and oxygen atoms in total. The lowest BCUT2D eigenvalue weighted by molar-refractivity contribution is -0.136. The van der Waals surface area contributed by atoms with Gasteiger partial charge in [-0.1, -0.05) is 30.3 Å². The van der Waals surface area contributed by atoms with Crippen LogP contribution in [0.25, 0.3) is 0 Å². The molecule has 0 aromatic heterocycles. The molecule has 0 aliphatic carbocycles. The van der Waals surface area contributed by atoms with Gasteiger partial charge in [0.25, 0.3) is 0 Å². The van der Waals surface area contributed by atoms with Crippen LogP contribution in [0.4, 0.5) is 4.79 Å². The van der Waals surface area contributed by atoms with Crippen LogP contribution in [-0.2, 0) is 11.3 Å². The highest BCUT2D eigenvalue weighted by Gasteiger charge is 2.31. The summed E-state index contributed by atoms with van der Waals surface area (Å²) in [4.78, 5) is 24.2. The summed E-state index contributed by atoms with van der Waals surface area (Å²) in [7, 11) is 1.65. The fraction of sp³-hybridized carbons (Fsp3) is 0.385. The quantitative estimate of drug-likeness (QED) is 0.854. The monoisotopic (exact) mass is 250 g/mol. The first-order valence-corrected chi connectivity index (χ1v) is 5.63. The summed E-state index contributed by atoms with van der Waals surface area (Å²) in [5, 5.41) is 10.9. The number of nitrogens with one attached hydrogen (secondary N) is 1. The number of likely N-dealkylation sites (N-methyl/N-ethyl adjacent to an activating group) is 1. The molecule has 2 amide bonds. The van der Waals surface area contributed by atoms with Crippen molar-refractivity contribution in [3.05, 3.63) is 35.9 Å². The Hall–Kier alpha value is -2.04. The molecule has 1 aromatic rings. The van der Waals surface area contributed by atoms with Gasteiger partial charge in [-0.3, -0.25) is 4.79 Å². The first kappa shape index (κ1) is 14.0. The zero-order valence-electron chi connectivity index (χ0n) is 10.8. The molecule has 1 rings (SSSR count). The van der Waals surface area contributed by atoms with Gasteiger partial charge in [-0.05, 0) is 19.4 Å². The number of carbonyl (C=O) groups is 2. The summed E-state index contributed by atoms with van der Waals surface area (Å²) in [6, 6.07) is 9.53. The van der Waals surface area contributed by atoms with Crippen molar-refractivity contribution in [2.75, 3.05) is 7.05 Å². The van der Waals surface area contributed by atoms with E-state index in [4.69, 9.17) is 5.11 Å². The third kappa shape index (κ3) is 3.76. The van der Waals surface area contributed by atoms with E-state index in [1.807, 2.05) is 30.3 Å². The van der Waals surface area contributed by atoms with Crippen LogP contribution in [0.3, 0.4) is 0 Å². The topological polar surface area (TPSA) is 69.6 Å². The molecule has 0 atom stereocenters. The summed E-state index contributed by atoms with van der Waals surface area (Å²) < 4.78 is 0. The Balaban J connectivity index is 2.69. The number of carboxylic acid groups (broad SMARTS) is 1. The maximum Gasteiger partial charge on any atom is 0.405 e. The summed E-state index contributed by atoms with van der Waals surface area (Å²) in [5.74, 6) is -0.270. The van der Waals surface area contributed by atoms with Crippen LogP contribution >= 0.6 is 0 Å². The molecule has 1 aromatic carbocycles. The van der Waals surface area contributed by atoms with E-state index in [-0.39, 0.29) is 5.91 Å². The first-order valence-electron chi connectivity index (χ1n) is 5.63. The Morgan fingerprint density at radius 2 is 1.83 bits per heavy atom. The minimum absolute atomic E-state index is 0.270. The zero-order valence-corrected chi connectivity index (χ0v) is 10.8. The Kier molecular flexibility index (Phi) is 4.31. The highest BCUT2D eigenvalue weighted by atomic mass is 16.4. The molecular weight excluding hydrogens is 232 g/mol. The number of nitrogens with zero attached hydrogens (tertiary/aromatic N) is 1. The van der Waals surface area contributed by atoms with Crippen molar-refractivity contribution >= 4 is 12.0 Å². The van der Waals surface area contributed by atoms with Crippen LogP contribution in [0.1, 0.15) is 19.4 Å². The van der Waals surface area contributed by atoms with E-state index in [9.17, 15) is 9.59 Å². The lowest BCUT2D eigenvalue weighted by Gasteiger charge is -2.29. The van der Waals surface area contributed by atoms with Crippen LogP contribution in [-0.4, -0.2) is 34.6 Å². The van der Waals surface area contributed by atoms with E-state index >= 15 is 0 Å². The molecule has 0 radical (unpaired) electrons. The summed E-state index contributed by atoms with van der Waals surface area (Å²) in [5.41, 5.74) is -0.130. The largest absolute Gasteiger partial charge is 0.465 e. The smallest absolute Gasteiger partial charge is 0.405 e. The molecule has 0 aliphatic heterocycles. The van der Waals surface area contributed by atoms with E-state index in [1.165, 1.54) is 4.90 Å². The van der Waals surface area contributed by atoms with Gasteiger partial charge in [0, 0.05) is 13.6 Å². The van der Waals surface area contributed by atoms with Gasteiger partial charge in [0.05, 0.1) is 0 Å². The van der Waals surface area contributed by atoms with Crippen molar-refractivity contribution in [3.63, 3.8) is 0 Å². The lowest BCUT2D eigenvalue weighted by atomic mass is 10.0. The van der Waals surface area contributed by atoms with Crippen LogP contribution in [0.15, 0.2) is 30.3 Å². The second kappa shape index (κ2) is 5.53. The van der Waals surface area contributed by atoms with E-state index in [2.05, 4.69) is 5.32 Å². The van der Waals surface area contributed by atoms with E-state index in [1.54, 1.807) is 20.9 Å². The van der Waals surface area contributed by atoms with Crippen molar-refractivity contribution in [2.45, 2.75) is 25.9 Å². The van der Waals surface area contributed by atoms with E-state index in [0.717, 1.165) is 5.56 Å². The molecule has 0 bridgehead atoms. The summed E-state index contributed by atoms with van der Waals surface area (Å²) >= 11 is 0. The molecule has 0 saturated heterocycles. The van der Waals surface area contributed by atoms with Crippen LogP contribution in [0, 0.1) is 0 Å². The molecule has 0 aliphatic rings. The standard InChI is InChI=1S/C13H18N2O3/c1-13(2,14-12(17)18)11(16)15(3)9-10-7-5-4-6-8-10/h4-8,14H,9H2,1-3H3,(H,17,18). The van der Waals surface area contributed by atoms with E-state index in [0.29, 0.717) is 6.54 Å². The van der Waals surface area contributed by atoms with Gasteiger partial charge in [0.15, 0.2) is 0 Å². The highest BCUT2D eigenvalue weighted by Crippen LogP contribution is 2.10. The molecule has 0 heterocycles. The number of rotatable bonds is 4. The van der Waals surface area contributed by atoms with Gasteiger partial charge in [-0.2, -0.15) is 0 Å². The van der Waals surface area contributed by atoms with Crippen LogP contribution in [0.2, 0.25) is 0 Å². The molecule has 98 valence electrons. The Bertz CT molecular complexity index is 429. The minimum Gasteiger partial charge on any atom is -0.465 e. The number of hydrogen-bond donors (Lipinski definition) is 2. The molecule has 0 saturated carbocycles. The second-order valence-electron chi connectivity index (χ2n) is 4.70. The molecule has 5 heteroatoms. The molecule has 0 spiro atoms. The fourth-order valence-corrected chi connectivity index (χ4v) is 1.73. The van der Waals surface area contributed by atoms with Gasteiger partial charge in [0.2, 0.25) is 5.91 Å². The van der Waals surface area contributed by atoms with Gasteiger partial charge in [-0.25, -0.2) is 4.79 Å². The van der Waals surface area contributed by atoms with Crippen LogP contribution < -0.4 is 5.32 Å². The maximum absolute atomic E-state index is 12.1. The third-order valence-corrected chi connectivity index (χ3v) is 2.56. The zero-order chi connectivity index (χ0) is 13.8. The molecule has 0 fully saturated rings. The van der Waals surface area contributed by atoms with Crippen molar-refractivity contribution in [1.82, 2.24) is 10.2 Å². The normalized spacial score (nSPS) is 10.8. The van der Waals surface area contributed by atoms with Crippen molar-refractivity contribution in [1.29, 1.82) is 0 Å². The molecule has 18 heavy (non-hydrogen) atoms. The third-order valence-electron chi connectivity index (χ3n) is 2.56. The number of benzene rings is 1. The van der Waals surface area contributed by atoms with Gasteiger partial charge in [0.1, 0.15) is 5.54 Å². The predicted octanol–water partition coefficient (Wildman–Crippen LogP) is 1.69. The van der Waals surface area contributed by atoms with E-state index < -0.39 is 11.6 Å². The van der Waals surface area contributed by atoms with Gasteiger partial charge < -0.3 is 15.3 Å². The Labute approximate surface area is 106 Å². The average Bonchev–Trinajstić information content (AvgIpc) is 2.27. The highest BCUT2D eigenvalue weighted by molar-refractivity contribution is 5.88. The average molecular weight is 250 g/mol. The van der Waals surface area contributed by atoms with Gasteiger partial charge >= 0.3 is 6.09 Å². The number of amides is 2.